The third-order valence-corrected chi connectivity index (χ3v) is 4.61. The van der Waals surface area contributed by atoms with Crippen LogP contribution in [-0.2, 0) is 10.3 Å². The zero-order valence-electron chi connectivity index (χ0n) is 13.9. The smallest absolute Gasteiger partial charge is 0.267 e. The summed E-state index contributed by atoms with van der Waals surface area (Å²) in [6, 6.07) is 28.2. The lowest BCUT2D eigenvalue weighted by Gasteiger charge is -2.41. The molecule has 0 aliphatic carbocycles. The summed E-state index contributed by atoms with van der Waals surface area (Å²) in [5.74, 6) is -0.424. The van der Waals surface area contributed by atoms with Crippen LogP contribution in [0.15, 0.2) is 96.0 Å². The van der Waals surface area contributed by atoms with E-state index in [9.17, 15) is 9.59 Å². The summed E-state index contributed by atoms with van der Waals surface area (Å²) >= 11 is 0. The molecule has 4 heteroatoms. The fourth-order valence-corrected chi connectivity index (χ4v) is 3.55. The minimum atomic E-state index is -1.09. The Morgan fingerprint density at radius 3 is 1.31 bits per heavy atom. The van der Waals surface area contributed by atoms with Crippen molar-refractivity contribution >= 4 is 18.2 Å². The molecule has 0 saturated heterocycles. The van der Waals surface area contributed by atoms with Crippen molar-refractivity contribution in [1.82, 2.24) is 4.90 Å². The first-order chi connectivity index (χ1) is 12.7. The summed E-state index contributed by atoms with van der Waals surface area (Å²) in [6.45, 7) is 0. The van der Waals surface area contributed by atoms with Crippen molar-refractivity contribution in [1.29, 1.82) is 0 Å². The number of hydrogen-bond acceptors (Lipinski definition) is 2. The number of imide groups is 1. The number of nitrogens with zero attached hydrogens (tertiary/aromatic N) is 2. The molecule has 0 atom stereocenters. The Hall–Kier alpha value is -3.53. The van der Waals surface area contributed by atoms with Crippen molar-refractivity contribution in [3.63, 3.8) is 0 Å². The minimum absolute atomic E-state index is 0.424. The van der Waals surface area contributed by atoms with Gasteiger partial charge in [0.05, 0.1) is 6.21 Å². The highest BCUT2D eigenvalue weighted by atomic mass is 16.2. The first-order valence-electron chi connectivity index (χ1n) is 8.33. The Morgan fingerprint density at radius 1 is 0.615 bits per heavy atom. The number of amides is 3. The SMILES string of the molecule is O=C1C=NC(=O)N1C(c1ccccc1)(c1ccccc1)c1ccccc1. The summed E-state index contributed by atoms with van der Waals surface area (Å²) < 4.78 is 0. The van der Waals surface area contributed by atoms with Crippen molar-refractivity contribution in [2.75, 3.05) is 0 Å². The van der Waals surface area contributed by atoms with E-state index in [1.807, 2.05) is 91.0 Å². The van der Waals surface area contributed by atoms with Gasteiger partial charge in [-0.15, -0.1) is 0 Å². The number of rotatable bonds is 4. The Balaban J connectivity index is 2.11. The van der Waals surface area contributed by atoms with Crippen molar-refractivity contribution in [2.24, 2.45) is 4.99 Å². The fourth-order valence-electron chi connectivity index (χ4n) is 3.55. The Bertz CT molecular complexity index is 852. The van der Waals surface area contributed by atoms with E-state index in [0.29, 0.717) is 0 Å². The molecule has 1 aliphatic rings. The molecular weight excluding hydrogens is 324 g/mol. The molecule has 0 fully saturated rings. The van der Waals surface area contributed by atoms with E-state index in [0.717, 1.165) is 22.9 Å². The standard InChI is InChI=1S/C22H16N2O2/c25-20-16-23-21(26)24(20)22(17-10-4-1-5-11-17,18-12-6-2-7-13-18)19-14-8-3-9-15-19/h1-16H. The predicted molar refractivity (Wildman–Crippen MR) is 99.9 cm³/mol. The van der Waals surface area contributed by atoms with Gasteiger partial charge in [0.25, 0.3) is 5.91 Å². The molecule has 1 heterocycles. The average molecular weight is 340 g/mol. The maximum atomic E-state index is 12.7. The normalized spacial score (nSPS) is 14.1. The number of hydrogen-bond donors (Lipinski definition) is 0. The highest BCUT2D eigenvalue weighted by Gasteiger charge is 2.49. The van der Waals surface area contributed by atoms with E-state index >= 15 is 0 Å². The monoisotopic (exact) mass is 340 g/mol. The number of aliphatic imine (C=N–C) groups is 1. The molecule has 0 bridgehead atoms. The summed E-state index contributed by atoms with van der Waals surface area (Å²) in [4.78, 5) is 30.4. The summed E-state index contributed by atoms with van der Waals surface area (Å²) in [6.07, 6.45) is 1.09. The van der Waals surface area contributed by atoms with Crippen LogP contribution in [0.1, 0.15) is 16.7 Å². The van der Waals surface area contributed by atoms with Gasteiger partial charge in [-0.05, 0) is 16.7 Å². The van der Waals surface area contributed by atoms with Crippen LogP contribution in [0.4, 0.5) is 4.79 Å². The molecule has 0 N–H and O–H groups in total. The van der Waals surface area contributed by atoms with Crippen molar-refractivity contribution < 1.29 is 9.59 Å². The molecular formula is C22H16N2O2. The number of urea groups is 1. The Morgan fingerprint density at radius 2 is 1.00 bits per heavy atom. The second kappa shape index (κ2) is 6.41. The summed E-state index contributed by atoms with van der Waals surface area (Å²) in [5.41, 5.74) is 1.38. The summed E-state index contributed by atoms with van der Waals surface area (Å²) in [7, 11) is 0. The average Bonchev–Trinajstić information content (AvgIpc) is 3.04. The molecule has 4 nitrogen and oxygen atoms in total. The zero-order valence-corrected chi connectivity index (χ0v) is 13.9. The van der Waals surface area contributed by atoms with Crippen LogP contribution < -0.4 is 0 Å². The molecule has 26 heavy (non-hydrogen) atoms. The first kappa shape index (κ1) is 16.0. The molecule has 0 saturated carbocycles. The second-order valence-electron chi connectivity index (χ2n) is 6.02. The number of carbonyl (C=O) groups excluding carboxylic acids is 2. The lowest BCUT2D eigenvalue weighted by Crippen LogP contribution is -2.51. The third kappa shape index (κ3) is 2.35. The number of benzene rings is 3. The van der Waals surface area contributed by atoms with Crippen molar-refractivity contribution in [2.45, 2.75) is 5.54 Å². The fraction of sp³-hybridized carbons (Fsp3) is 0.0455. The maximum absolute atomic E-state index is 12.7. The zero-order chi connectivity index (χ0) is 18.0. The molecule has 3 amide bonds. The van der Waals surface area contributed by atoms with Gasteiger partial charge in [0.1, 0.15) is 5.54 Å². The van der Waals surface area contributed by atoms with Crippen LogP contribution in [-0.4, -0.2) is 23.1 Å². The molecule has 0 spiro atoms. The molecule has 1 aliphatic heterocycles. The predicted octanol–water partition coefficient (Wildman–Crippen LogP) is 4.01. The van der Waals surface area contributed by atoms with Crippen molar-refractivity contribution in [3.05, 3.63) is 108 Å². The molecule has 0 radical (unpaired) electrons. The van der Waals surface area contributed by atoms with Gasteiger partial charge < -0.3 is 0 Å². The van der Waals surface area contributed by atoms with E-state index in [1.165, 1.54) is 4.90 Å². The number of carbonyl (C=O) groups is 2. The lowest BCUT2D eigenvalue weighted by molar-refractivity contribution is -0.123. The highest BCUT2D eigenvalue weighted by Crippen LogP contribution is 2.43. The van der Waals surface area contributed by atoms with Gasteiger partial charge in [-0.2, -0.15) is 4.99 Å². The topological polar surface area (TPSA) is 49.7 Å². The Kier molecular flexibility index (Phi) is 3.93. The van der Waals surface area contributed by atoms with Gasteiger partial charge in [-0.3, -0.25) is 4.79 Å². The van der Waals surface area contributed by atoms with Gasteiger partial charge in [-0.1, -0.05) is 91.0 Å². The third-order valence-electron chi connectivity index (χ3n) is 4.61. The molecule has 0 unspecified atom stereocenters. The maximum Gasteiger partial charge on any atom is 0.352 e. The van der Waals surface area contributed by atoms with E-state index in [1.54, 1.807) is 0 Å². The van der Waals surface area contributed by atoms with Gasteiger partial charge in [-0.25, -0.2) is 9.69 Å². The molecule has 0 aromatic heterocycles. The van der Waals surface area contributed by atoms with Gasteiger partial charge in [0, 0.05) is 0 Å². The van der Waals surface area contributed by atoms with E-state index in [2.05, 4.69) is 4.99 Å². The Labute approximate surface area is 151 Å². The van der Waals surface area contributed by atoms with Crippen LogP contribution in [0.2, 0.25) is 0 Å². The molecule has 3 aromatic carbocycles. The second-order valence-corrected chi connectivity index (χ2v) is 6.02. The molecule has 4 rings (SSSR count). The van der Waals surface area contributed by atoms with Crippen LogP contribution in [0.3, 0.4) is 0 Å². The quantitative estimate of drug-likeness (QED) is 0.674. The summed E-state index contributed by atoms with van der Waals surface area (Å²) in [5, 5.41) is 0. The minimum Gasteiger partial charge on any atom is -0.267 e. The van der Waals surface area contributed by atoms with E-state index in [-0.39, 0.29) is 0 Å². The van der Waals surface area contributed by atoms with Crippen molar-refractivity contribution in [3.8, 4) is 0 Å². The van der Waals surface area contributed by atoms with Gasteiger partial charge in [0.2, 0.25) is 0 Å². The lowest BCUT2D eigenvalue weighted by atomic mass is 9.75. The highest BCUT2D eigenvalue weighted by molar-refractivity contribution is 6.36. The largest absolute Gasteiger partial charge is 0.352 e. The van der Waals surface area contributed by atoms with Crippen LogP contribution in [0.5, 0.6) is 0 Å². The first-order valence-corrected chi connectivity index (χ1v) is 8.33. The van der Waals surface area contributed by atoms with Gasteiger partial charge >= 0.3 is 6.03 Å². The van der Waals surface area contributed by atoms with Crippen LogP contribution in [0.25, 0.3) is 0 Å². The van der Waals surface area contributed by atoms with E-state index in [4.69, 9.17) is 0 Å². The molecule has 3 aromatic rings. The van der Waals surface area contributed by atoms with Crippen LogP contribution in [0, 0.1) is 0 Å². The van der Waals surface area contributed by atoms with Crippen LogP contribution >= 0.6 is 0 Å². The van der Waals surface area contributed by atoms with E-state index < -0.39 is 17.5 Å². The van der Waals surface area contributed by atoms with Gasteiger partial charge in [0.15, 0.2) is 0 Å². The molecule has 126 valence electrons.